The first-order chi connectivity index (χ1) is 12.6. The Morgan fingerprint density at radius 3 is 2.56 bits per heavy atom. The second-order valence-electron chi connectivity index (χ2n) is 7.15. The van der Waals surface area contributed by atoms with Crippen LogP contribution < -0.4 is 16.0 Å². The number of aromatic nitrogens is 1. The summed E-state index contributed by atoms with van der Waals surface area (Å²) in [4.78, 5) is 28.2. The zero-order valence-electron chi connectivity index (χ0n) is 15.1. The number of nitrogens with one attached hydrogen (secondary N) is 3. The van der Waals surface area contributed by atoms with Gasteiger partial charge in [-0.15, -0.1) is 23.7 Å². The first-order valence-electron chi connectivity index (χ1n) is 8.91. The van der Waals surface area contributed by atoms with Crippen molar-refractivity contribution in [3.05, 3.63) is 29.6 Å². The van der Waals surface area contributed by atoms with E-state index in [1.165, 1.54) is 18.3 Å². The number of hydrogen-bond donors (Lipinski definition) is 3. The standard InChI is InChI=1S/C19H22N4O2S.ClH/c1-12(24)21-14-4-2-13(3-5-14)16-11-26-18(22-16)23-17(25)15-10-19(15)6-8-20-9-7-19;/h2-5,11,15,20H,6-10H2,1H3,(H,21,24)(H,22,23,25);1H. The van der Waals surface area contributed by atoms with Crippen molar-refractivity contribution in [1.29, 1.82) is 0 Å². The molecule has 8 heteroatoms. The first-order valence-corrected chi connectivity index (χ1v) is 9.79. The van der Waals surface area contributed by atoms with Gasteiger partial charge in [0.15, 0.2) is 5.13 Å². The zero-order chi connectivity index (χ0) is 18.1. The van der Waals surface area contributed by atoms with Gasteiger partial charge < -0.3 is 16.0 Å². The van der Waals surface area contributed by atoms with Crippen LogP contribution in [0.1, 0.15) is 26.2 Å². The van der Waals surface area contributed by atoms with Gasteiger partial charge in [0.05, 0.1) is 5.69 Å². The molecule has 2 amide bonds. The molecule has 0 radical (unpaired) electrons. The fourth-order valence-corrected chi connectivity index (χ4v) is 4.50. The van der Waals surface area contributed by atoms with E-state index in [1.54, 1.807) is 0 Å². The van der Waals surface area contributed by atoms with E-state index >= 15 is 0 Å². The third-order valence-corrected chi connectivity index (χ3v) is 6.10. The minimum Gasteiger partial charge on any atom is -0.326 e. The first kappa shape index (κ1) is 19.8. The van der Waals surface area contributed by atoms with Gasteiger partial charge in [-0.1, -0.05) is 12.1 Å². The zero-order valence-corrected chi connectivity index (χ0v) is 16.7. The number of hydrogen-bond acceptors (Lipinski definition) is 5. The maximum absolute atomic E-state index is 12.5. The minimum atomic E-state index is -0.0944. The fraction of sp³-hybridized carbons (Fsp3) is 0.421. The van der Waals surface area contributed by atoms with Gasteiger partial charge in [0.25, 0.3) is 0 Å². The summed E-state index contributed by atoms with van der Waals surface area (Å²) >= 11 is 1.44. The monoisotopic (exact) mass is 406 g/mol. The van der Waals surface area contributed by atoms with Crippen molar-refractivity contribution < 1.29 is 9.59 Å². The molecule has 4 rings (SSSR count). The van der Waals surface area contributed by atoms with Crippen LogP contribution in [-0.4, -0.2) is 29.9 Å². The summed E-state index contributed by atoms with van der Waals surface area (Å²) in [5.41, 5.74) is 2.77. The molecule has 2 heterocycles. The fourth-order valence-electron chi connectivity index (χ4n) is 3.78. The summed E-state index contributed by atoms with van der Waals surface area (Å²) in [6.07, 6.45) is 3.19. The molecule has 1 saturated carbocycles. The Morgan fingerprint density at radius 2 is 1.89 bits per heavy atom. The van der Waals surface area contributed by atoms with Crippen LogP contribution in [0.2, 0.25) is 0 Å². The van der Waals surface area contributed by atoms with Crippen molar-refractivity contribution in [2.45, 2.75) is 26.2 Å². The smallest absolute Gasteiger partial charge is 0.229 e. The molecule has 3 N–H and O–H groups in total. The van der Waals surface area contributed by atoms with E-state index in [0.717, 1.165) is 49.3 Å². The molecule has 1 saturated heterocycles. The molecule has 0 bridgehead atoms. The van der Waals surface area contributed by atoms with Crippen molar-refractivity contribution in [2.75, 3.05) is 23.7 Å². The SMILES string of the molecule is CC(=O)Nc1ccc(-c2csc(NC(=O)C3CC34CCNCC4)n2)cc1.Cl. The van der Waals surface area contributed by atoms with Crippen molar-refractivity contribution >= 4 is 46.4 Å². The minimum absolute atomic E-state index is 0. The Kier molecular flexibility index (Phi) is 5.83. The number of thiazole rings is 1. The lowest BCUT2D eigenvalue weighted by Gasteiger charge is -2.22. The van der Waals surface area contributed by atoms with Crippen molar-refractivity contribution in [1.82, 2.24) is 10.3 Å². The normalized spacial score (nSPS) is 19.8. The number of anilines is 2. The van der Waals surface area contributed by atoms with Crippen molar-refractivity contribution in [3.8, 4) is 11.3 Å². The summed E-state index contributed by atoms with van der Waals surface area (Å²) in [5, 5.41) is 11.7. The summed E-state index contributed by atoms with van der Waals surface area (Å²) in [7, 11) is 0. The Bertz CT molecular complexity index is 830. The molecule has 1 aliphatic carbocycles. The van der Waals surface area contributed by atoms with E-state index in [2.05, 4.69) is 20.9 Å². The molecule has 6 nitrogen and oxygen atoms in total. The second kappa shape index (κ2) is 7.96. The van der Waals surface area contributed by atoms with E-state index < -0.39 is 0 Å². The van der Waals surface area contributed by atoms with E-state index in [4.69, 9.17) is 0 Å². The van der Waals surface area contributed by atoms with Crippen molar-refractivity contribution in [2.24, 2.45) is 11.3 Å². The molecule has 2 fully saturated rings. The predicted octanol–water partition coefficient (Wildman–Crippen LogP) is 3.52. The number of rotatable bonds is 4. The number of piperidine rings is 1. The van der Waals surface area contributed by atoms with Gasteiger partial charge in [-0.2, -0.15) is 0 Å². The van der Waals surface area contributed by atoms with Crippen LogP contribution in [0.25, 0.3) is 11.3 Å². The molecule has 27 heavy (non-hydrogen) atoms. The highest BCUT2D eigenvalue weighted by Gasteiger charge is 2.57. The lowest BCUT2D eigenvalue weighted by atomic mass is 9.92. The Morgan fingerprint density at radius 1 is 1.19 bits per heavy atom. The van der Waals surface area contributed by atoms with Crippen molar-refractivity contribution in [3.63, 3.8) is 0 Å². The average molecular weight is 407 g/mol. The van der Waals surface area contributed by atoms with Gasteiger partial charge in [-0.3, -0.25) is 9.59 Å². The number of amides is 2. The van der Waals surface area contributed by atoms with Gasteiger partial charge in [0, 0.05) is 29.5 Å². The summed E-state index contributed by atoms with van der Waals surface area (Å²) < 4.78 is 0. The molecular weight excluding hydrogens is 384 g/mol. The van der Waals surface area contributed by atoms with Crippen LogP contribution in [0, 0.1) is 11.3 Å². The van der Waals surface area contributed by atoms with Crippen LogP contribution in [0.5, 0.6) is 0 Å². The summed E-state index contributed by atoms with van der Waals surface area (Å²) in [5.74, 6) is 0.144. The summed E-state index contributed by atoms with van der Waals surface area (Å²) in [6.45, 7) is 3.51. The van der Waals surface area contributed by atoms with Gasteiger partial charge in [0.1, 0.15) is 0 Å². The van der Waals surface area contributed by atoms with E-state index in [1.807, 2.05) is 29.6 Å². The number of benzene rings is 1. The van der Waals surface area contributed by atoms with Crippen LogP contribution in [0.15, 0.2) is 29.6 Å². The highest BCUT2D eigenvalue weighted by molar-refractivity contribution is 7.14. The molecule has 144 valence electrons. The molecule has 2 aliphatic rings. The molecule has 1 atom stereocenters. The van der Waals surface area contributed by atoms with Gasteiger partial charge in [-0.05, 0) is 49.9 Å². The quantitative estimate of drug-likeness (QED) is 0.725. The van der Waals surface area contributed by atoms with Crippen LogP contribution in [0.4, 0.5) is 10.8 Å². The topological polar surface area (TPSA) is 83.1 Å². The van der Waals surface area contributed by atoms with Gasteiger partial charge in [0.2, 0.25) is 11.8 Å². The van der Waals surface area contributed by atoms with Crippen LogP contribution >= 0.6 is 23.7 Å². The molecule has 1 aromatic heterocycles. The predicted molar refractivity (Wildman–Crippen MR) is 110 cm³/mol. The average Bonchev–Trinajstić information content (AvgIpc) is 3.11. The number of halogens is 1. The summed E-state index contributed by atoms with van der Waals surface area (Å²) in [6, 6.07) is 7.52. The largest absolute Gasteiger partial charge is 0.326 e. The molecule has 2 aromatic rings. The van der Waals surface area contributed by atoms with Crippen LogP contribution in [-0.2, 0) is 9.59 Å². The molecule has 1 unspecified atom stereocenters. The molecule has 1 aliphatic heterocycles. The lowest BCUT2D eigenvalue weighted by Crippen LogP contribution is -2.31. The third kappa shape index (κ3) is 4.31. The highest BCUT2D eigenvalue weighted by atomic mass is 35.5. The molecule has 1 spiro atoms. The highest BCUT2D eigenvalue weighted by Crippen LogP contribution is 2.58. The third-order valence-electron chi connectivity index (χ3n) is 5.34. The Balaban J connectivity index is 0.00000210. The second-order valence-corrected chi connectivity index (χ2v) is 8.01. The lowest BCUT2D eigenvalue weighted by molar-refractivity contribution is -0.118. The van der Waals surface area contributed by atoms with E-state index in [-0.39, 0.29) is 35.6 Å². The van der Waals surface area contributed by atoms with E-state index in [0.29, 0.717) is 5.13 Å². The van der Waals surface area contributed by atoms with Gasteiger partial charge in [-0.25, -0.2) is 4.98 Å². The molecular formula is C19H23ClN4O2S. The Hall–Kier alpha value is -1.96. The Labute approximate surface area is 168 Å². The number of carbonyl (C=O) groups excluding carboxylic acids is 2. The molecule has 1 aromatic carbocycles. The van der Waals surface area contributed by atoms with E-state index in [9.17, 15) is 9.59 Å². The van der Waals surface area contributed by atoms with Crippen LogP contribution in [0.3, 0.4) is 0 Å². The maximum Gasteiger partial charge on any atom is 0.229 e. The number of nitrogens with zero attached hydrogens (tertiary/aromatic N) is 1. The van der Waals surface area contributed by atoms with Gasteiger partial charge >= 0.3 is 0 Å². The number of carbonyl (C=O) groups is 2. The maximum atomic E-state index is 12.5.